The molecule has 0 radical (unpaired) electrons. The molecule has 0 aliphatic rings. The van der Waals surface area contributed by atoms with Crippen molar-refractivity contribution >= 4 is 22.4 Å². The van der Waals surface area contributed by atoms with Crippen LogP contribution in [0.2, 0.25) is 0 Å². The maximum atomic E-state index is 13.3. The van der Waals surface area contributed by atoms with Crippen molar-refractivity contribution in [3.63, 3.8) is 0 Å². The second-order valence-corrected chi connectivity index (χ2v) is 8.22. The molecule has 0 fully saturated rings. The van der Waals surface area contributed by atoms with Gasteiger partial charge in [-0.15, -0.1) is 0 Å². The molecule has 0 saturated heterocycles. The van der Waals surface area contributed by atoms with Crippen molar-refractivity contribution < 1.29 is 4.79 Å². The second kappa shape index (κ2) is 8.16. The van der Waals surface area contributed by atoms with Crippen molar-refractivity contribution in [3.8, 4) is 11.1 Å². The number of benzene rings is 3. The molecular weight excluding hydrogens is 366 g/mol. The quantitative estimate of drug-likeness (QED) is 0.347. The molecule has 3 aromatic carbocycles. The Morgan fingerprint density at radius 2 is 1.57 bits per heavy atom. The fourth-order valence-electron chi connectivity index (χ4n) is 4.01. The summed E-state index contributed by atoms with van der Waals surface area (Å²) in [4.78, 5) is 13.3. The number of allylic oxidation sites excluding steroid dienone is 1. The van der Waals surface area contributed by atoms with Crippen molar-refractivity contribution in [2.24, 2.45) is 0 Å². The number of hydrogen-bond acceptors (Lipinski definition) is 1. The molecule has 4 aromatic rings. The highest BCUT2D eigenvalue weighted by atomic mass is 16.2. The van der Waals surface area contributed by atoms with E-state index in [4.69, 9.17) is 0 Å². The van der Waals surface area contributed by atoms with Gasteiger partial charge in [0, 0.05) is 17.1 Å². The first-order valence-corrected chi connectivity index (χ1v) is 10.4. The minimum Gasteiger partial charge on any atom is -0.286 e. The SMILES string of the molecule is C=C(C)c1ccc(CC(=O)n2cc(-c3ccccc3C(C)C)c3ccccc32)cc1. The van der Waals surface area contributed by atoms with Crippen LogP contribution in [-0.4, -0.2) is 10.5 Å². The molecule has 0 saturated carbocycles. The molecule has 0 aliphatic heterocycles. The van der Waals surface area contributed by atoms with Gasteiger partial charge in [0.25, 0.3) is 0 Å². The Morgan fingerprint density at radius 1 is 0.900 bits per heavy atom. The first-order chi connectivity index (χ1) is 14.5. The number of nitrogens with zero attached hydrogens (tertiary/aromatic N) is 1. The van der Waals surface area contributed by atoms with Gasteiger partial charge in [0.2, 0.25) is 5.91 Å². The van der Waals surface area contributed by atoms with Gasteiger partial charge in [-0.1, -0.05) is 92.7 Å². The number of fused-ring (bicyclic) bond motifs is 1. The standard InChI is InChI=1S/C28H27NO/c1-19(2)22-15-13-21(14-16-22)17-28(30)29-18-26(25-11-7-8-12-27(25)29)24-10-6-5-9-23(24)20(3)4/h5-16,18,20H,1,17H2,2-4H3. The fourth-order valence-corrected chi connectivity index (χ4v) is 4.01. The van der Waals surface area contributed by atoms with Gasteiger partial charge in [-0.3, -0.25) is 9.36 Å². The van der Waals surface area contributed by atoms with Crippen LogP contribution in [0.15, 0.2) is 85.6 Å². The molecule has 0 N–H and O–H groups in total. The summed E-state index contributed by atoms with van der Waals surface area (Å²) >= 11 is 0. The van der Waals surface area contributed by atoms with Crippen molar-refractivity contribution in [2.45, 2.75) is 33.1 Å². The van der Waals surface area contributed by atoms with Gasteiger partial charge in [-0.2, -0.15) is 0 Å². The van der Waals surface area contributed by atoms with E-state index in [-0.39, 0.29) is 5.91 Å². The summed E-state index contributed by atoms with van der Waals surface area (Å²) in [6, 6.07) is 24.7. The monoisotopic (exact) mass is 393 g/mol. The summed E-state index contributed by atoms with van der Waals surface area (Å²) in [6.07, 6.45) is 2.37. The van der Waals surface area contributed by atoms with Gasteiger partial charge in [0.15, 0.2) is 0 Å². The summed E-state index contributed by atoms with van der Waals surface area (Å²) in [6.45, 7) is 10.4. The number of aromatic nitrogens is 1. The third kappa shape index (κ3) is 3.73. The Kier molecular flexibility index (Phi) is 5.41. The van der Waals surface area contributed by atoms with Crippen LogP contribution in [0.4, 0.5) is 0 Å². The molecule has 0 bridgehead atoms. The molecule has 30 heavy (non-hydrogen) atoms. The third-order valence-corrected chi connectivity index (χ3v) is 5.66. The smallest absolute Gasteiger partial charge is 0.235 e. The van der Waals surface area contributed by atoms with Crippen LogP contribution < -0.4 is 0 Å². The number of hydrogen-bond donors (Lipinski definition) is 0. The van der Waals surface area contributed by atoms with E-state index in [1.165, 1.54) is 11.1 Å². The number of carbonyl (C=O) groups is 1. The summed E-state index contributed by atoms with van der Waals surface area (Å²) in [5, 5.41) is 1.11. The topological polar surface area (TPSA) is 22.0 Å². The summed E-state index contributed by atoms with van der Waals surface area (Å²) in [7, 11) is 0. The summed E-state index contributed by atoms with van der Waals surface area (Å²) in [5.41, 5.74) is 7.69. The predicted molar refractivity (Wildman–Crippen MR) is 127 cm³/mol. The van der Waals surface area contributed by atoms with Crippen LogP contribution in [0.25, 0.3) is 27.6 Å². The van der Waals surface area contributed by atoms with Crippen LogP contribution in [0.3, 0.4) is 0 Å². The highest BCUT2D eigenvalue weighted by Crippen LogP contribution is 2.35. The zero-order valence-corrected chi connectivity index (χ0v) is 17.9. The minimum absolute atomic E-state index is 0.0718. The van der Waals surface area contributed by atoms with E-state index < -0.39 is 0 Å². The zero-order chi connectivity index (χ0) is 21.3. The Morgan fingerprint density at radius 3 is 2.27 bits per heavy atom. The van der Waals surface area contributed by atoms with E-state index in [1.807, 2.05) is 60.2 Å². The maximum Gasteiger partial charge on any atom is 0.235 e. The fraction of sp³-hybridized carbons (Fsp3) is 0.179. The molecule has 0 amide bonds. The lowest BCUT2D eigenvalue weighted by Gasteiger charge is -2.11. The first-order valence-electron chi connectivity index (χ1n) is 10.4. The van der Waals surface area contributed by atoms with Crippen LogP contribution >= 0.6 is 0 Å². The van der Waals surface area contributed by atoms with Gasteiger partial charge >= 0.3 is 0 Å². The number of carbonyl (C=O) groups excluding carboxylic acids is 1. The summed E-state index contributed by atoms with van der Waals surface area (Å²) < 4.78 is 1.81. The van der Waals surface area contributed by atoms with Crippen molar-refractivity contribution in [3.05, 3.63) is 102 Å². The molecule has 2 nitrogen and oxygen atoms in total. The van der Waals surface area contributed by atoms with Crippen LogP contribution in [0.1, 0.15) is 48.2 Å². The van der Waals surface area contributed by atoms with Crippen LogP contribution in [0, 0.1) is 0 Å². The largest absolute Gasteiger partial charge is 0.286 e. The van der Waals surface area contributed by atoms with Gasteiger partial charge < -0.3 is 0 Å². The lowest BCUT2D eigenvalue weighted by atomic mass is 9.92. The molecule has 0 spiro atoms. The van der Waals surface area contributed by atoms with Gasteiger partial charge in [0.1, 0.15) is 0 Å². The predicted octanol–water partition coefficient (Wildman–Crippen LogP) is 7.35. The Bertz CT molecular complexity index is 1230. The second-order valence-electron chi connectivity index (χ2n) is 8.22. The van der Waals surface area contributed by atoms with E-state index in [1.54, 1.807) is 0 Å². The minimum atomic E-state index is 0.0718. The number of rotatable bonds is 5. The average Bonchev–Trinajstić information content (AvgIpc) is 3.14. The highest BCUT2D eigenvalue weighted by molar-refractivity contribution is 6.02. The molecule has 4 rings (SSSR count). The lowest BCUT2D eigenvalue weighted by Crippen LogP contribution is -2.12. The molecule has 150 valence electrons. The zero-order valence-electron chi connectivity index (χ0n) is 17.9. The first kappa shape index (κ1) is 19.9. The van der Waals surface area contributed by atoms with E-state index in [0.717, 1.165) is 33.2 Å². The maximum absolute atomic E-state index is 13.3. The van der Waals surface area contributed by atoms with Crippen molar-refractivity contribution in [1.29, 1.82) is 0 Å². The van der Waals surface area contributed by atoms with E-state index in [2.05, 4.69) is 50.8 Å². The molecule has 0 aliphatic carbocycles. The Hall–Kier alpha value is -3.39. The van der Waals surface area contributed by atoms with Gasteiger partial charge in [-0.05, 0) is 41.2 Å². The normalized spacial score (nSPS) is 11.2. The van der Waals surface area contributed by atoms with Crippen LogP contribution in [0.5, 0.6) is 0 Å². The van der Waals surface area contributed by atoms with Gasteiger partial charge in [0.05, 0.1) is 11.9 Å². The lowest BCUT2D eigenvalue weighted by molar-refractivity contribution is 0.0919. The van der Waals surface area contributed by atoms with E-state index in [9.17, 15) is 4.79 Å². The van der Waals surface area contributed by atoms with E-state index in [0.29, 0.717) is 12.3 Å². The molecule has 0 unspecified atom stereocenters. The van der Waals surface area contributed by atoms with Gasteiger partial charge in [-0.25, -0.2) is 0 Å². The molecule has 1 heterocycles. The molecule has 0 atom stereocenters. The van der Waals surface area contributed by atoms with Crippen LogP contribution in [-0.2, 0) is 6.42 Å². The van der Waals surface area contributed by atoms with E-state index >= 15 is 0 Å². The highest BCUT2D eigenvalue weighted by Gasteiger charge is 2.17. The van der Waals surface area contributed by atoms with Crippen molar-refractivity contribution in [1.82, 2.24) is 4.57 Å². The Labute approximate surface area is 178 Å². The average molecular weight is 394 g/mol. The summed E-state index contributed by atoms with van der Waals surface area (Å²) in [5.74, 6) is 0.480. The molecular formula is C28H27NO. The van der Waals surface area contributed by atoms with Crippen molar-refractivity contribution in [2.75, 3.05) is 0 Å². The molecule has 2 heteroatoms. The third-order valence-electron chi connectivity index (χ3n) is 5.66. The Balaban J connectivity index is 1.76. The number of para-hydroxylation sites is 1. The molecule has 1 aromatic heterocycles.